The molecule has 2 aromatic heterocycles. The first-order valence-electron chi connectivity index (χ1n) is 9.34. The molecule has 148 valence electrons. The van der Waals surface area contributed by atoms with E-state index >= 15 is 0 Å². The van der Waals surface area contributed by atoms with E-state index in [0.29, 0.717) is 34.6 Å². The Bertz CT molecular complexity index is 1200. The van der Waals surface area contributed by atoms with Gasteiger partial charge in [-0.3, -0.25) is 0 Å². The van der Waals surface area contributed by atoms with Crippen LogP contribution in [0.15, 0.2) is 94.7 Å². The molecule has 0 spiro atoms. The molecule has 0 N–H and O–H groups in total. The minimum atomic E-state index is 0.434. The molecule has 4 aromatic rings. The molecule has 0 unspecified atom stereocenters. The zero-order valence-corrected chi connectivity index (χ0v) is 17.2. The number of terminal acetylenes is 2. The van der Waals surface area contributed by atoms with Crippen molar-refractivity contribution >= 4 is 11.8 Å². The molecule has 31 heavy (non-hydrogen) atoms. The fraction of sp³-hybridized carbons (Fsp3) is 0. The van der Waals surface area contributed by atoms with Crippen LogP contribution in [0.3, 0.4) is 0 Å². The molecule has 0 atom stereocenters. The molecule has 4 nitrogen and oxygen atoms in total. The lowest BCUT2D eigenvalue weighted by molar-refractivity contribution is 0.449. The van der Waals surface area contributed by atoms with Crippen molar-refractivity contribution in [2.45, 2.75) is 9.79 Å². The first kappa shape index (κ1) is 20.1. The van der Waals surface area contributed by atoms with Gasteiger partial charge in [-0.15, -0.1) is 12.8 Å². The van der Waals surface area contributed by atoms with Crippen LogP contribution in [0.2, 0.25) is 0 Å². The summed E-state index contributed by atoms with van der Waals surface area (Å²) < 4.78 is 12.0. The molecule has 0 saturated heterocycles. The van der Waals surface area contributed by atoms with Crippen molar-refractivity contribution in [3.05, 3.63) is 96.3 Å². The zero-order valence-electron chi connectivity index (χ0n) is 16.4. The molecule has 0 aliphatic carbocycles. The normalized spacial score (nSPS) is 10.0. The van der Waals surface area contributed by atoms with Gasteiger partial charge in [0.2, 0.25) is 11.8 Å². The number of ether oxygens (including phenoxy) is 2. The van der Waals surface area contributed by atoms with E-state index in [4.69, 9.17) is 22.3 Å². The van der Waals surface area contributed by atoms with E-state index in [9.17, 15) is 0 Å². The summed E-state index contributed by atoms with van der Waals surface area (Å²) in [7, 11) is 0. The number of rotatable bonds is 6. The van der Waals surface area contributed by atoms with Crippen molar-refractivity contribution in [2.75, 3.05) is 0 Å². The molecule has 2 aromatic carbocycles. The summed E-state index contributed by atoms with van der Waals surface area (Å²) in [5, 5.41) is 0. The van der Waals surface area contributed by atoms with E-state index in [1.54, 1.807) is 24.3 Å². The van der Waals surface area contributed by atoms with Gasteiger partial charge >= 0.3 is 0 Å². The molecule has 0 fully saturated rings. The summed E-state index contributed by atoms with van der Waals surface area (Å²) >= 11 is 1.51. The van der Waals surface area contributed by atoms with Crippen LogP contribution in [0.4, 0.5) is 0 Å². The minimum Gasteiger partial charge on any atom is -0.438 e. The van der Waals surface area contributed by atoms with Gasteiger partial charge in [-0.1, -0.05) is 60.0 Å². The Morgan fingerprint density at radius 2 is 1.03 bits per heavy atom. The molecule has 4 rings (SSSR count). The standard InChI is InChI=1S/C26H16N2O2S/c1-3-19-11-9-17-25(27-19)29-21-13-5-7-15-23(21)31-24-16-8-6-14-22(24)30-26-18-10-12-20(4-2)28-26/h1-2,5-18H. The molecule has 0 aliphatic rings. The number of benzene rings is 2. The number of nitrogens with zero attached hydrogens (tertiary/aromatic N) is 2. The summed E-state index contributed by atoms with van der Waals surface area (Å²) in [6, 6.07) is 26.1. The molecular formula is C26H16N2O2S. The number of para-hydroxylation sites is 2. The summed E-state index contributed by atoms with van der Waals surface area (Å²) in [6.45, 7) is 0. The van der Waals surface area contributed by atoms with Crippen LogP contribution < -0.4 is 9.47 Å². The lowest BCUT2D eigenvalue weighted by Gasteiger charge is -2.13. The molecule has 2 heterocycles. The summed E-state index contributed by atoms with van der Waals surface area (Å²) in [6.07, 6.45) is 10.9. The van der Waals surface area contributed by atoms with Crippen LogP contribution in [-0.4, -0.2) is 9.97 Å². The highest BCUT2D eigenvalue weighted by Crippen LogP contribution is 2.41. The van der Waals surface area contributed by atoms with Crippen molar-refractivity contribution in [3.8, 4) is 47.9 Å². The Hall–Kier alpha value is -4.19. The Morgan fingerprint density at radius 3 is 1.48 bits per heavy atom. The third kappa shape index (κ3) is 5.05. The Balaban J connectivity index is 1.60. The lowest BCUT2D eigenvalue weighted by Crippen LogP contribution is -1.93. The minimum absolute atomic E-state index is 0.434. The van der Waals surface area contributed by atoms with Gasteiger partial charge in [0.1, 0.15) is 22.9 Å². The third-order valence-corrected chi connectivity index (χ3v) is 5.20. The van der Waals surface area contributed by atoms with Gasteiger partial charge < -0.3 is 9.47 Å². The van der Waals surface area contributed by atoms with E-state index in [1.165, 1.54) is 11.8 Å². The Labute approximate surface area is 185 Å². The second-order valence-corrected chi connectivity index (χ2v) is 7.29. The van der Waals surface area contributed by atoms with Crippen molar-refractivity contribution in [1.29, 1.82) is 0 Å². The van der Waals surface area contributed by atoms with Crippen LogP contribution in [0.1, 0.15) is 11.4 Å². The van der Waals surface area contributed by atoms with E-state index in [0.717, 1.165) is 9.79 Å². The van der Waals surface area contributed by atoms with Gasteiger partial charge in [-0.2, -0.15) is 0 Å². The maximum absolute atomic E-state index is 6.01. The van der Waals surface area contributed by atoms with Gasteiger partial charge in [0.15, 0.2) is 0 Å². The summed E-state index contributed by atoms with van der Waals surface area (Å²) in [5.74, 6) is 7.22. The number of hydrogen-bond donors (Lipinski definition) is 0. The second kappa shape index (κ2) is 9.54. The smallest absolute Gasteiger partial charge is 0.220 e. The van der Waals surface area contributed by atoms with Crippen LogP contribution in [-0.2, 0) is 0 Å². The van der Waals surface area contributed by atoms with E-state index in [2.05, 4.69) is 21.8 Å². The van der Waals surface area contributed by atoms with Crippen molar-refractivity contribution in [2.24, 2.45) is 0 Å². The SMILES string of the molecule is C#Cc1cccc(Oc2ccccc2Sc2ccccc2Oc2cccc(C#C)n2)n1. The fourth-order valence-electron chi connectivity index (χ4n) is 2.69. The first-order chi connectivity index (χ1) is 15.2. The van der Waals surface area contributed by atoms with Gasteiger partial charge in [0.25, 0.3) is 0 Å². The van der Waals surface area contributed by atoms with Crippen molar-refractivity contribution in [3.63, 3.8) is 0 Å². The van der Waals surface area contributed by atoms with Crippen LogP contribution >= 0.6 is 11.8 Å². The molecule has 0 aliphatic heterocycles. The quantitative estimate of drug-likeness (QED) is 0.349. The molecule has 0 radical (unpaired) electrons. The average molecular weight is 420 g/mol. The third-order valence-electron chi connectivity index (χ3n) is 4.09. The van der Waals surface area contributed by atoms with Crippen molar-refractivity contribution < 1.29 is 9.47 Å². The highest BCUT2D eigenvalue weighted by atomic mass is 32.2. The molecule has 0 amide bonds. The van der Waals surface area contributed by atoms with Gasteiger partial charge in [0.05, 0.1) is 9.79 Å². The van der Waals surface area contributed by atoms with Gasteiger partial charge in [0, 0.05) is 12.1 Å². The number of aromatic nitrogens is 2. The van der Waals surface area contributed by atoms with E-state index in [-0.39, 0.29) is 0 Å². The highest BCUT2D eigenvalue weighted by molar-refractivity contribution is 7.99. The number of hydrogen-bond acceptors (Lipinski definition) is 5. The number of pyridine rings is 2. The predicted molar refractivity (Wildman–Crippen MR) is 121 cm³/mol. The first-order valence-corrected chi connectivity index (χ1v) is 10.2. The zero-order chi connectivity index (χ0) is 21.5. The summed E-state index contributed by atoms with van der Waals surface area (Å²) in [5.41, 5.74) is 1.03. The maximum atomic E-state index is 6.01. The van der Waals surface area contributed by atoms with Crippen LogP contribution in [0.5, 0.6) is 23.3 Å². The maximum Gasteiger partial charge on any atom is 0.220 e. The molecule has 0 bridgehead atoms. The topological polar surface area (TPSA) is 44.2 Å². The highest BCUT2D eigenvalue weighted by Gasteiger charge is 2.12. The van der Waals surface area contributed by atoms with Crippen LogP contribution in [0, 0.1) is 24.7 Å². The Morgan fingerprint density at radius 1 is 0.581 bits per heavy atom. The monoisotopic (exact) mass is 420 g/mol. The van der Waals surface area contributed by atoms with E-state index in [1.807, 2.05) is 60.7 Å². The second-order valence-electron chi connectivity index (χ2n) is 6.21. The average Bonchev–Trinajstić information content (AvgIpc) is 2.82. The molecular weight excluding hydrogens is 404 g/mol. The van der Waals surface area contributed by atoms with E-state index < -0.39 is 0 Å². The lowest BCUT2D eigenvalue weighted by atomic mass is 10.3. The summed E-state index contributed by atoms with van der Waals surface area (Å²) in [4.78, 5) is 10.4. The van der Waals surface area contributed by atoms with Crippen molar-refractivity contribution in [1.82, 2.24) is 9.97 Å². The predicted octanol–water partition coefficient (Wildman–Crippen LogP) is 6.18. The molecule has 0 saturated carbocycles. The van der Waals surface area contributed by atoms with Crippen LogP contribution in [0.25, 0.3) is 0 Å². The fourth-order valence-corrected chi connectivity index (χ4v) is 3.64. The van der Waals surface area contributed by atoms with Gasteiger partial charge in [-0.25, -0.2) is 9.97 Å². The molecule has 5 heteroatoms. The largest absolute Gasteiger partial charge is 0.438 e. The Kier molecular flexibility index (Phi) is 6.18. The van der Waals surface area contributed by atoms with Gasteiger partial charge in [-0.05, 0) is 36.4 Å².